The van der Waals surface area contributed by atoms with Crippen LogP contribution in [-0.4, -0.2) is 112 Å². The Morgan fingerprint density at radius 3 is 1.88 bits per heavy atom. The molecule has 368 valence electrons. The summed E-state index contributed by atoms with van der Waals surface area (Å²) in [6.07, 6.45) is -11.8. The molecule has 3 aromatic rings. The van der Waals surface area contributed by atoms with Gasteiger partial charge in [-0.1, -0.05) is 80.6 Å². The minimum atomic E-state index is -2.46. The average molecular weight is 954 g/mol. The second kappa shape index (κ2) is 18.8. The number of ether oxygens (including phenoxy) is 7. The lowest BCUT2D eigenvalue weighted by molar-refractivity contribution is -0.346. The third-order valence-electron chi connectivity index (χ3n) is 14.1. The number of carbonyl (C=O) groups excluding carboxylic acids is 7. The molecule has 1 saturated heterocycles. The van der Waals surface area contributed by atoms with Gasteiger partial charge in [-0.25, -0.2) is 19.2 Å². The van der Waals surface area contributed by atoms with Gasteiger partial charge in [-0.2, -0.15) is 0 Å². The highest BCUT2D eigenvalue weighted by atomic mass is 16.6. The molecule has 2 saturated carbocycles. The van der Waals surface area contributed by atoms with Gasteiger partial charge in [-0.05, 0) is 75.6 Å². The van der Waals surface area contributed by atoms with Gasteiger partial charge >= 0.3 is 35.9 Å². The van der Waals surface area contributed by atoms with E-state index < -0.39 is 124 Å². The fourth-order valence-corrected chi connectivity index (χ4v) is 10.7. The highest BCUT2D eigenvalue weighted by Crippen LogP contribution is 2.64. The van der Waals surface area contributed by atoms with Crippen molar-refractivity contribution in [3.63, 3.8) is 0 Å². The van der Waals surface area contributed by atoms with E-state index in [9.17, 15) is 34.2 Å². The van der Waals surface area contributed by atoms with Crippen LogP contribution in [-0.2, 0) is 52.3 Å². The number of Topliss-reactive ketones (excluding diaryl/α,β-unsaturated/α-hetero) is 1. The van der Waals surface area contributed by atoms with Crippen molar-refractivity contribution in [2.75, 3.05) is 6.61 Å². The second-order valence-electron chi connectivity index (χ2n) is 19.9. The fourth-order valence-electron chi connectivity index (χ4n) is 10.7. The van der Waals surface area contributed by atoms with Crippen molar-refractivity contribution in [3.8, 4) is 0 Å². The van der Waals surface area contributed by atoms with E-state index in [0.29, 0.717) is 5.56 Å². The SMILES string of the molecule is CC(=O)OC1C(=O)[C@]2(C)C(O)C[C@H]3OC[C@@]3(OC(C)=O)C2C(OC(=O)c2ccccc2)[C@]2(O)C[C@@H](OC(=O)C(OC(=O)c3ccccc3)C(NC(=O)OC(C)(C)C)c3ccccc3)C(C)=C1C2(C)C. The first-order valence-electron chi connectivity index (χ1n) is 22.8. The van der Waals surface area contributed by atoms with Crippen LogP contribution in [0.25, 0.3) is 0 Å². The van der Waals surface area contributed by atoms with Crippen LogP contribution >= 0.6 is 0 Å². The maximum atomic E-state index is 15.7. The average Bonchev–Trinajstić information content (AvgIpc) is 3.28. The van der Waals surface area contributed by atoms with Gasteiger partial charge in [-0.3, -0.25) is 14.4 Å². The molecule has 2 bridgehead atoms. The summed E-state index contributed by atoms with van der Waals surface area (Å²) >= 11 is 0. The minimum absolute atomic E-state index is 0.0419. The molecular weight excluding hydrogens is 895 g/mol. The van der Waals surface area contributed by atoms with E-state index in [1.54, 1.807) is 101 Å². The molecule has 0 spiro atoms. The van der Waals surface area contributed by atoms with Crippen molar-refractivity contribution in [1.29, 1.82) is 0 Å². The van der Waals surface area contributed by atoms with Crippen LogP contribution in [0.15, 0.2) is 102 Å². The largest absolute Gasteiger partial charge is 0.455 e. The Morgan fingerprint density at radius 2 is 1.36 bits per heavy atom. The van der Waals surface area contributed by atoms with E-state index >= 15 is 9.59 Å². The highest BCUT2D eigenvalue weighted by molar-refractivity contribution is 5.96. The number of aliphatic hydroxyl groups excluding tert-OH is 1. The molecular formula is C52H59NO16. The van der Waals surface area contributed by atoms with Crippen molar-refractivity contribution >= 4 is 41.7 Å². The molecule has 1 amide bonds. The quantitative estimate of drug-likeness (QED) is 0.119. The normalized spacial score (nSPS) is 29.9. The number of hydrogen-bond donors (Lipinski definition) is 3. The van der Waals surface area contributed by atoms with Crippen LogP contribution in [0.2, 0.25) is 0 Å². The topological polar surface area (TPSA) is 237 Å². The van der Waals surface area contributed by atoms with Crippen molar-refractivity contribution < 1.29 is 76.9 Å². The number of alkyl carbamates (subject to hydrolysis) is 1. The van der Waals surface area contributed by atoms with Gasteiger partial charge in [0.2, 0.25) is 6.10 Å². The Bertz CT molecular complexity index is 2520. The third kappa shape index (κ3) is 9.26. The van der Waals surface area contributed by atoms with Crippen LogP contribution in [0.1, 0.15) is 107 Å². The van der Waals surface area contributed by atoms with Crippen LogP contribution in [0.5, 0.6) is 0 Å². The van der Waals surface area contributed by atoms with Crippen LogP contribution < -0.4 is 5.32 Å². The summed E-state index contributed by atoms with van der Waals surface area (Å²) in [5.41, 5.74) is -8.61. The van der Waals surface area contributed by atoms with E-state index in [-0.39, 0.29) is 35.3 Å². The maximum Gasteiger partial charge on any atom is 0.408 e. The first-order valence-corrected chi connectivity index (χ1v) is 22.8. The molecule has 3 aromatic carbocycles. The maximum absolute atomic E-state index is 15.7. The molecule has 17 heteroatoms. The Kier molecular flexibility index (Phi) is 13.8. The van der Waals surface area contributed by atoms with E-state index in [0.717, 1.165) is 13.8 Å². The Hall–Kier alpha value is -6.43. The number of ketones is 1. The van der Waals surface area contributed by atoms with Gasteiger partial charge < -0.3 is 48.7 Å². The standard InChI is InChI=1S/C52H59NO16/c1-28-34(65-46(60)40(66-44(58)32-21-15-11-16-22-32)38(31-19-13-10-14-20-31)53-47(61)69-48(4,5)6)26-52(62)43(67-45(59)33-23-17-12-18-24-33)41-50(9,35(56)25-36-51(41,27-63-36)68-30(3)55)42(57)39(64-29(2)54)37(28)49(52,7)8/h10-24,34-36,38-41,43,56,62H,25-27H2,1-9H3,(H,53,61)/t34-,35?,36-,38?,39?,40?,41?,43?,50-,51+,52-/m1/s1. The summed E-state index contributed by atoms with van der Waals surface area (Å²) in [5, 5.41) is 28.8. The zero-order valence-electron chi connectivity index (χ0n) is 40.0. The number of carbonyl (C=O) groups is 7. The summed E-state index contributed by atoms with van der Waals surface area (Å²) < 4.78 is 42.3. The van der Waals surface area contributed by atoms with Gasteiger partial charge in [0.05, 0.1) is 35.2 Å². The number of benzene rings is 3. The zero-order valence-corrected chi connectivity index (χ0v) is 40.0. The lowest BCUT2D eigenvalue weighted by Crippen LogP contribution is -2.82. The van der Waals surface area contributed by atoms with Gasteiger partial charge in [0, 0.05) is 32.1 Å². The molecule has 69 heavy (non-hydrogen) atoms. The summed E-state index contributed by atoms with van der Waals surface area (Å²) in [6, 6.07) is 22.3. The molecule has 3 fully saturated rings. The molecule has 11 atom stereocenters. The highest BCUT2D eigenvalue weighted by Gasteiger charge is 2.78. The lowest BCUT2D eigenvalue weighted by atomic mass is 9.44. The molecule has 3 aliphatic carbocycles. The van der Waals surface area contributed by atoms with Crippen molar-refractivity contribution in [2.24, 2.45) is 16.7 Å². The molecule has 3 N–H and O–H groups in total. The molecule has 0 radical (unpaired) electrons. The number of hydrogen-bond acceptors (Lipinski definition) is 16. The third-order valence-corrected chi connectivity index (χ3v) is 14.1. The van der Waals surface area contributed by atoms with Crippen molar-refractivity contribution in [1.82, 2.24) is 5.32 Å². The van der Waals surface area contributed by atoms with Crippen molar-refractivity contribution in [2.45, 2.75) is 135 Å². The van der Waals surface area contributed by atoms with Crippen LogP contribution in [0.4, 0.5) is 4.79 Å². The minimum Gasteiger partial charge on any atom is -0.455 e. The number of esters is 5. The molecule has 0 aromatic heterocycles. The lowest BCUT2D eigenvalue weighted by Gasteiger charge is -2.67. The number of rotatable bonds is 11. The second-order valence-corrected chi connectivity index (χ2v) is 19.9. The van der Waals surface area contributed by atoms with Crippen LogP contribution in [0, 0.1) is 16.7 Å². The van der Waals surface area contributed by atoms with Crippen molar-refractivity contribution in [3.05, 3.63) is 119 Å². The number of fused-ring (bicyclic) bond motifs is 5. The molecule has 7 rings (SSSR count). The molecule has 1 heterocycles. The predicted molar refractivity (Wildman–Crippen MR) is 243 cm³/mol. The molecule has 1 aliphatic heterocycles. The molecule has 4 aliphatic rings. The predicted octanol–water partition coefficient (Wildman–Crippen LogP) is 5.70. The van der Waals surface area contributed by atoms with E-state index in [1.165, 1.54) is 38.1 Å². The number of amides is 1. The monoisotopic (exact) mass is 953 g/mol. The first kappa shape index (κ1) is 50.4. The zero-order chi connectivity index (χ0) is 50.4. The van der Waals surface area contributed by atoms with Gasteiger partial charge in [0.15, 0.2) is 17.5 Å². The van der Waals surface area contributed by atoms with E-state index in [2.05, 4.69) is 5.32 Å². The molecule has 17 nitrogen and oxygen atoms in total. The summed E-state index contributed by atoms with van der Waals surface area (Å²) in [7, 11) is 0. The smallest absolute Gasteiger partial charge is 0.408 e. The summed E-state index contributed by atoms with van der Waals surface area (Å²) in [6.45, 7) is 12.8. The van der Waals surface area contributed by atoms with Gasteiger partial charge in [0.1, 0.15) is 35.6 Å². The number of nitrogens with one attached hydrogen (secondary N) is 1. The van der Waals surface area contributed by atoms with Gasteiger partial charge in [0.25, 0.3) is 0 Å². The Labute approximate surface area is 399 Å². The van der Waals surface area contributed by atoms with E-state index in [4.69, 9.17) is 33.2 Å². The van der Waals surface area contributed by atoms with E-state index in [1.807, 2.05) is 0 Å². The summed E-state index contributed by atoms with van der Waals surface area (Å²) in [4.78, 5) is 99.0. The van der Waals surface area contributed by atoms with Gasteiger partial charge in [-0.15, -0.1) is 0 Å². The summed E-state index contributed by atoms with van der Waals surface area (Å²) in [5.74, 6) is -7.37. The fraction of sp³-hybridized carbons (Fsp3) is 0.481. The molecule has 6 unspecified atom stereocenters. The Morgan fingerprint density at radius 1 is 0.797 bits per heavy atom. The first-order chi connectivity index (χ1) is 32.4. The number of aliphatic hydroxyl groups is 2. The Balaban J connectivity index is 1.43. The van der Waals surface area contributed by atoms with Crippen LogP contribution in [0.3, 0.4) is 0 Å².